The maximum Gasteiger partial charge on any atom is 0.317 e. The lowest BCUT2D eigenvalue weighted by Crippen LogP contribution is -2.48. The Morgan fingerprint density at radius 3 is 2.88 bits per heavy atom. The molecule has 0 aromatic heterocycles. The normalized spacial score (nSPS) is 22.0. The van der Waals surface area contributed by atoms with Gasteiger partial charge in [-0.05, 0) is 25.2 Å². The van der Waals surface area contributed by atoms with Crippen LogP contribution in [0.3, 0.4) is 0 Å². The fourth-order valence-electron chi connectivity index (χ4n) is 2.20. The van der Waals surface area contributed by atoms with Crippen molar-refractivity contribution in [3.8, 4) is 0 Å². The molecule has 1 aliphatic rings. The highest BCUT2D eigenvalue weighted by Gasteiger charge is 2.22. The fourth-order valence-corrected chi connectivity index (χ4v) is 2.20. The third-order valence-corrected chi connectivity index (χ3v) is 3.23. The fraction of sp³-hybridized carbons (Fsp3) is 0.833. The summed E-state index contributed by atoms with van der Waals surface area (Å²) >= 11 is 0. The minimum Gasteiger partial charge on any atom is -0.388 e. The molecule has 4 N–H and O–H groups in total. The third kappa shape index (κ3) is 4.63. The summed E-state index contributed by atoms with van der Waals surface area (Å²) in [6.45, 7) is 5.84. The smallest absolute Gasteiger partial charge is 0.317 e. The molecule has 2 amide bonds. The second-order valence-electron chi connectivity index (χ2n) is 4.98. The van der Waals surface area contributed by atoms with E-state index in [9.17, 15) is 4.79 Å². The first-order valence-corrected chi connectivity index (χ1v) is 6.41. The van der Waals surface area contributed by atoms with E-state index in [1.807, 2.05) is 11.8 Å². The van der Waals surface area contributed by atoms with Crippen LogP contribution in [-0.4, -0.2) is 35.9 Å². The summed E-state index contributed by atoms with van der Waals surface area (Å²) in [7, 11) is 0. The quantitative estimate of drug-likeness (QED) is 0.514. The van der Waals surface area contributed by atoms with Gasteiger partial charge in [0.05, 0.1) is 5.84 Å². The van der Waals surface area contributed by atoms with Crippen molar-refractivity contribution in [1.82, 2.24) is 10.2 Å². The maximum atomic E-state index is 12.0. The molecular formula is C12H24N4O. The highest BCUT2D eigenvalue weighted by Crippen LogP contribution is 2.15. The summed E-state index contributed by atoms with van der Waals surface area (Å²) in [5, 5.41) is 10.2. The number of hydrogen-bond donors (Lipinski definition) is 3. The second kappa shape index (κ2) is 6.47. The lowest BCUT2D eigenvalue weighted by Gasteiger charge is -2.32. The first-order valence-electron chi connectivity index (χ1n) is 6.41. The lowest BCUT2D eigenvalue weighted by atomic mass is 10.0. The van der Waals surface area contributed by atoms with E-state index in [0.717, 1.165) is 25.9 Å². The molecule has 2 atom stereocenters. The molecule has 2 unspecified atom stereocenters. The van der Waals surface area contributed by atoms with Gasteiger partial charge in [-0.1, -0.05) is 13.8 Å². The van der Waals surface area contributed by atoms with E-state index in [1.54, 1.807) is 0 Å². The maximum absolute atomic E-state index is 12.0. The molecule has 0 bridgehead atoms. The van der Waals surface area contributed by atoms with E-state index in [-0.39, 0.29) is 17.9 Å². The molecule has 1 rings (SSSR count). The predicted molar refractivity (Wildman–Crippen MR) is 69.1 cm³/mol. The van der Waals surface area contributed by atoms with Gasteiger partial charge in [-0.25, -0.2) is 4.79 Å². The van der Waals surface area contributed by atoms with Gasteiger partial charge in [-0.2, -0.15) is 0 Å². The van der Waals surface area contributed by atoms with E-state index in [1.165, 1.54) is 6.42 Å². The minimum atomic E-state index is -0.0165. The van der Waals surface area contributed by atoms with Gasteiger partial charge in [-0.3, -0.25) is 5.41 Å². The average Bonchev–Trinajstić information content (AvgIpc) is 2.27. The molecule has 5 heteroatoms. The van der Waals surface area contributed by atoms with Gasteiger partial charge >= 0.3 is 6.03 Å². The van der Waals surface area contributed by atoms with Crippen molar-refractivity contribution in [1.29, 1.82) is 5.41 Å². The van der Waals surface area contributed by atoms with E-state index >= 15 is 0 Å². The number of nitrogens with zero attached hydrogens (tertiary/aromatic N) is 1. The van der Waals surface area contributed by atoms with Crippen LogP contribution in [-0.2, 0) is 0 Å². The molecule has 0 saturated carbocycles. The molecule has 0 spiro atoms. The first kappa shape index (κ1) is 13.8. The summed E-state index contributed by atoms with van der Waals surface area (Å²) in [5.41, 5.74) is 5.36. The Balaban J connectivity index is 2.43. The molecule has 1 saturated heterocycles. The number of hydrogen-bond acceptors (Lipinski definition) is 2. The van der Waals surface area contributed by atoms with Crippen molar-refractivity contribution in [3.63, 3.8) is 0 Å². The lowest BCUT2D eigenvalue weighted by molar-refractivity contribution is 0.166. The number of carbonyl (C=O) groups is 1. The van der Waals surface area contributed by atoms with E-state index in [0.29, 0.717) is 12.3 Å². The highest BCUT2D eigenvalue weighted by atomic mass is 16.2. The van der Waals surface area contributed by atoms with Crippen LogP contribution in [0.2, 0.25) is 0 Å². The molecule has 0 aromatic rings. The standard InChI is InChI=1S/C12H24N4O/c1-3-10(7-11(13)14)15-12(17)16-6-4-5-9(2)8-16/h9-10H,3-8H2,1-2H3,(H3,13,14)(H,15,17). The molecule has 1 aliphatic heterocycles. The Bertz CT molecular complexity index is 280. The Morgan fingerprint density at radius 1 is 1.65 bits per heavy atom. The van der Waals surface area contributed by atoms with Crippen LogP contribution in [0.4, 0.5) is 4.79 Å². The van der Waals surface area contributed by atoms with Crippen molar-refractivity contribution < 1.29 is 4.79 Å². The number of urea groups is 1. The van der Waals surface area contributed by atoms with Crippen LogP contribution in [0, 0.1) is 11.3 Å². The SMILES string of the molecule is CCC(CC(=N)N)NC(=O)N1CCCC(C)C1. The van der Waals surface area contributed by atoms with Crippen LogP contribution < -0.4 is 11.1 Å². The number of piperidine rings is 1. The van der Waals surface area contributed by atoms with Crippen molar-refractivity contribution in [2.45, 2.75) is 45.6 Å². The predicted octanol–water partition coefficient (Wildman–Crippen LogP) is 1.53. The summed E-state index contributed by atoms with van der Waals surface area (Å²) in [6.07, 6.45) is 3.52. The molecule has 1 fully saturated rings. The molecule has 0 aromatic carbocycles. The monoisotopic (exact) mass is 240 g/mol. The summed E-state index contributed by atoms with van der Waals surface area (Å²) in [6, 6.07) is -0.0260. The van der Waals surface area contributed by atoms with Crippen LogP contribution in [0.25, 0.3) is 0 Å². The number of rotatable bonds is 4. The van der Waals surface area contributed by atoms with E-state index in [2.05, 4.69) is 12.2 Å². The number of amidine groups is 1. The molecule has 0 aliphatic carbocycles. The molecule has 5 nitrogen and oxygen atoms in total. The third-order valence-electron chi connectivity index (χ3n) is 3.23. The van der Waals surface area contributed by atoms with Gasteiger partial charge in [-0.15, -0.1) is 0 Å². The van der Waals surface area contributed by atoms with Gasteiger partial charge in [0.2, 0.25) is 0 Å². The zero-order valence-electron chi connectivity index (χ0n) is 10.8. The first-order chi connectivity index (χ1) is 8.02. The van der Waals surface area contributed by atoms with Gasteiger partial charge in [0.25, 0.3) is 0 Å². The zero-order chi connectivity index (χ0) is 12.8. The van der Waals surface area contributed by atoms with Gasteiger partial charge in [0, 0.05) is 25.6 Å². The molecule has 98 valence electrons. The molecule has 0 radical (unpaired) electrons. The Labute approximate surface area is 103 Å². The highest BCUT2D eigenvalue weighted by molar-refractivity contribution is 5.79. The van der Waals surface area contributed by atoms with Crippen molar-refractivity contribution in [2.24, 2.45) is 11.7 Å². The van der Waals surface area contributed by atoms with Crippen molar-refractivity contribution >= 4 is 11.9 Å². The van der Waals surface area contributed by atoms with Gasteiger partial charge in [0.15, 0.2) is 0 Å². The van der Waals surface area contributed by atoms with E-state index < -0.39 is 0 Å². The summed E-state index contributed by atoms with van der Waals surface area (Å²) in [4.78, 5) is 13.9. The largest absolute Gasteiger partial charge is 0.388 e. The number of carbonyl (C=O) groups excluding carboxylic acids is 1. The Kier molecular flexibility index (Phi) is 5.25. The summed E-state index contributed by atoms with van der Waals surface area (Å²) in [5.74, 6) is 0.714. The van der Waals surface area contributed by atoms with Crippen LogP contribution >= 0.6 is 0 Å². The second-order valence-corrected chi connectivity index (χ2v) is 4.98. The number of nitrogens with one attached hydrogen (secondary N) is 2. The summed E-state index contributed by atoms with van der Waals surface area (Å²) < 4.78 is 0. The van der Waals surface area contributed by atoms with Crippen molar-refractivity contribution in [3.05, 3.63) is 0 Å². The number of likely N-dealkylation sites (tertiary alicyclic amines) is 1. The van der Waals surface area contributed by atoms with E-state index in [4.69, 9.17) is 11.1 Å². The van der Waals surface area contributed by atoms with Crippen LogP contribution in [0.1, 0.15) is 39.5 Å². The average molecular weight is 240 g/mol. The van der Waals surface area contributed by atoms with Crippen LogP contribution in [0.5, 0.6) is 0 Å². The zero-order valence-corrected chi connectivity index (χ0v) is 10.8. The topological polar surface area (TPSA) is 82.2 Å². The van der Waals surface area contributed by atoms with Crippen LogP contribution in [0.15, 0.2) is 0 Å². The van der Waals surface area contributed by atoms with Gasteiger partial charge in [0.1, 0.15) is 0 Å². The number of amides is 2. The Hall–Kier alpha value is -1.26. The molecule has 17 heavy (non-hydrogen) atoms. The van der Waals surface area contributed by atoms with Crippen molar-refractivity contribution in [2.75, 3.05) is 13.1 Å². The van der Waals surface area contributed by atoms with Gasteiger partial charge < -0.3 is 16.0 Å². The molecular weight excluding hydrogens is 216 g/mol. The molecule has 1 heterocycles. The minimum absolute atomic E-state index is 0.00958. The number of nitrogens with two attached hydrogens (primary N) is 1. The Morgan fingerprint density at radius 2 is 2.35 bits per heavy atom.